The van der Waals surface area contributed by atoms with E-state index < -0.39 is 0 Å². The lowest BCUT2D eigenvalue weighted by Gasteiger charge is -2.30. The lowest BCUT2D eigenvalue weighted by molar-refractivity contribution is -0.902. The summed E-state index contributed by atoms with van der Waals surface area (Å²) >= 11 is 0. The van der Waals surface area contributed by atoms with Gasteiger partial charge < -0.3 is 9.80 Å². The molecule has 102 valence electrons. The fourth-order valence-electron chi connectivity index (χ4n) is 2.16. The minimum absolute atomic E-state index is 1.05. The minimum atomic E-state index is 1.05. The Bertz CT molecular complexity index is 312. The standard InChI is InChI=1S/C15H29N2Si/c1-17(2,12-11-16-10-6-7-13-18)14-15-8-4-3-5-9-15/h3-5,8-9,16H,6-7,10-14H2,1-2,18H3/q+1. The predicted octanol–water partition coefficient (Wildman–Crippen LogP) is 1.42. The Hall–Kier alpha value is -0.643. The van der Waals surface area contributed by atoms with Crippen molar-refractivity contribution in [2.45, 2.75) is 25.4 Å². The summed E-state index contributed by atoms with van der Waals surface area (Å²) in [5.41, 5.74) is 1.43. The number of hydrogen-bond donors (Lipinski definition) is 1. The highest BCUT2D eigenvalue weighted by molar-refractivity contribution is 6.08. The summed E-state index contributed by atoms with van der Waals surface area (Å²) in [5, 5.41) is 3.56. The van der Waals surface area contributed by atoms with Gasteiger partial charge in [0.2, 0.25) is 0 Å². The van der Waals surface area contributed by atoms with Crippen LogP contribution in [-0.2, 0) is 6.54 Å². The monoisotopic (exact) mass is 265 g/mol. The van der Waals surface area contributed by atoms with Gasteiger partial charge in [-0.1, -0.05) is 42.8 Å². The molecule has 1 N–H and O–H groups in total. The van der Waals surface area contributed by atoms with Gasteiger partial charge in [-0.05, 0) is 13.0 Å². The van der Waals surface area contributed by atoms with E-state index in [1.165, 1.54) is 47.8 Å². The minimum Gasteiger partial charge on any atom is -0.324 e. The van der Waals surface area contributed by atoms with Crippen LogP contribution in [0.5, 0.6) is 0 Å². The molecule has 0 fully saturated rings. The molecule has 18 heavy (non-hydrogen) atoms. The summed E-state index contributed by atoms with van der Waals surface area (Å²) in [6.45, 7) is 4.62. The van der Waals surface area contributed by atoms with Gasteiger partial charge in [0.15, 0.2) is 0 Å². The van der Waals surface area contributed by atoms with E-state index in [1.54, 1.807) is 0 Å². The molecule has 0 radical (unpaired) electrons. The van der Waals surface area contributed by atoms with Crippen LogP contribution in [0.3, 0.4) is 0 Å². The summed E-state index contributed by atoms with van der Waals surface area (Å²) in [4.78, 5) is 0. The average molecular weight is 265 g/mol. The van der Waals surface area contributed by atoms with E-state index in [2.05, 4.69) is 49.7 Å². The average Bonchev–Trinajstić information content (AvgIpc) is 2.34. The van der Waals surface area contributed by atoms with Crippen LogP contribution in [0.4, 0.5) is 0 Å². The summed E-state index contributed by atoms with van der Waals surface area (Å²) in [7, 11) is 5.98. The molecular formula is C15H29N2Si+. The van der Waals surface area contributed by atoms with E-state index in [-0.39, 0.29) is 0 Å². The predicted molar refractivity (Wildman–Crippen MR) is 84.0 cm³/mol. The first kappa shape index (κ1) is 15.4. The molecule has 0 aliphatic carbocycles. The van der Waals surface area contributed by atoms with E-state index in [4.69, 9.17) is 0 Å². The van der Waals surface area contributed by atoms with Gasteiger partial charge in [0.25, 0.3) is 0 Å². The summed E-state index contributed by atoms with van der Waals surface area (Å²) in [6, 6.07) is 12.2. The highest BCUT2D eigenvalue weighted by Gasteiger charge is 2.14. The van der Waals surface area contributed by atoms with Gasteiger partial charge in [-0.3, -0.25) is 0 Å². The highest BCUT2D eigenvalue weighted by Crippen LogP contribution is 2.08. The molecule has 0 saturated carbocycles. The first-order valence-electron chi connectivity index (χ1n) is 7.21. The second-order valence-corrected chi connectivity index (χ2v) is 6.76. The Balaban J connectivity index is 2.19. The molecule has 0 spiro atoms. The number of quaternary nitrogens is 1. The topological polar surface area (TPSA) is 12.0 Å². The maximum atomic E-state index is 3.56. The van der Waals surface area contributed by atoms with Crippen molar-refractivity contribution in [3.05, 3.63) is 35.9 Å². The zero-order chi connectivity index (χ0) is 13.3. The Morgan fingerprint density at radius 1 is 1.06 bits per heavy atom. The van der Waals surface area contributed by atoms with Crippen molar-refractivity contribution < 1.29 is 4.48 Å². The molecule has 1 aromatic rings. The van der Waals surface area contributed by atoms with Crippen LogP contribution in [0.15, 0.2) is 30.3 Å². The molecule has 0 aliphatic rings. The lowest BCUT2D eigenvalue weighted by Crippen LogP contribution is -2.43. The van der Waals surface area contributed by atoms with Crippen LogP contribution in [0.1, 0.15) is 18.4 Å². The molecule has 2 nitrogen and oxygen atoms in total. The van der Waals surface area contributed by atoms with Crippen LogP contribution < -0.4 is 5.32 Å². The molecule has 3 heteroatoms. The zero-order valence-electron chi connectivity index (χ0n) is 12.3. The van der Waals surface area contributed by atoms with Crippen molar-refractivity contribution in [1.82, 2.24) is 5.32 Å². The van der Waals surface area contributed by atoms with Crippen LogP contribution in [-0.4, -0.2) is 48.5 Å². The van der Waals surface area contributed by atoms with E-state index >= 15 is 0 Å². The van der Waals surface area contributed by atoms with Crippen LogP contribution in [0.2, 0.25) is 6.04 Å². The lowest BCUT2D eigenvalue weighted by atomic mass is 10.2. The van der Waals surface area contributed by atoms with Crippen molar-refractivity contribution in [3.8, 4) is 0 Å². The molecule has 0 amide bonds. The molecule has 0 unspecified atom stereocenters. The normalized spacial score (nSPS) is 11.9. The Morgan fingerprint density at radius 2 is 1.78 bits per heavy atom. The number of hydrogen-bond acceptors (Lipinski definition) is 1. The largest absolute Gasteiger partial charge is 0.324 e. The molecule has 0 heterocycles. The van der Waals surface area contributed by atoms with Gasteiger partial charge >= 0.3 is 0 Å². The first-order valence-corrected chi connectivity index (χ1v) is 8.62. The Labute approximate surface area is 115 Å². The van der Waals surface area contributed by atoms with Gasteiger partial charge in [-0.2, -0.15) is 0 Å². The smallest absolute Gasteiger partial charge is 0.104 e. The molecule has 0 bridgehead atoms. The number of benzene rings is 1. The summed E-state index contributed by atoms with van der Waals surface area (Å²) in [6.07, 6.45) is 2.75. The molecule has 0 saturated heterocycles. The van der Waals surface area contributed by atoms with Crippen LogP contribution in [0, 0.1) is 0 Å². The number of nitrogens with one attached hydrogen (secondary N) is 1. The van der Waals surface area contributed by atoms with Crippen LogP contribution in [0.25, 0.3) is 0 Å². The molecule has 0 aliphatic heterocycles. The van der Waals surface area contributed by atoms with E-state index in [1.807, 2.05) is 0 Å². The van der Waals surface area contributed by atoms with Gasteiger partial charge in [-0.15, -0.1) is 0 Å². The van der Waals surface area contributed by atoms with Crippen molar-refractivity contribution in [2.24, 2.45) is 0 Å². The maximum Gasteiger partial charge on any atom is 0.104 e. The molecule has 0 aromatic heterocycles. The number of unbranched alkanes of at least 4 members (excludes halogenated alkanes) is 1. The van der Waals surface area contributed by atoms with Crippen molar-refractivity contribution in [2.75, 3.05) is 33.7 Å². The first-order chi connectivity index (χ1) is 8.64. The summed E-state index contributed by atoms with van der Waals surface area (Å²) < 4.78 is 1.05. The van der Waals surface area contributed by atoms with Crippen molar-refractivity contribution in [3.63, 3.8) is 0 Å². The maximum absolute atomic E-state index is 3.56. The molecule has 1 rings (SSSR count). The highest BCUT2D eigenvalue weighted by atomic mass is 28.1. The Morgan fingerprint density at radius 3 is 2.44 bits per heavy atom. The van der Waals surface area contributed by atoms with Crippen LogP contribution >= 0.6 is 0 Å². The third-order valence-corrected chi connectivity index (χ3v) is 4.01. The van der Waals surface area contributed by atoms with Gasteiger partial charge in [0, 0.05) is 22.4 Å². The number of nitrogens with zero attached hydrogens (tertiary/aromatic N) is 1. The third kappa shape index (κ3) is 6.94. The van der Waals surface area contributed by atoms with Crippen molar-refractivity contribution in [1.29, 1.82) is 0 Å². The fraction of sp³-hybridized carbons (Fsp3) is 0.600. The second kappa shape index (κ2) is 8.46. The van der Waals surface area contributed by atoms with E-state index in [9.17, 15) is 0 Å². The Kier molecular flexibility index (Phi) is 7.24. The third-order valence-electron chi connectivity index (χ3n) is 3.30. The summed E-state index contributed by atoms with van der Waals surface area (Å²) in [5.74, 6) is 0. The van der Waals surface area contributed by atoms with E-state index in [0.717, 1.165) is 17.6 Å². The number of rotatable bonds is 9. The molecule has 0 atom stereocenters. The fourth-order valence-corrected chi connectivity index (χ4v) is 2.66. The second-order valence-electron chi connectivity index (χ2n) is 5.76. The van der Waals surface area contributed by atoms with Gasteiger partial charge in [0.1, 0.15) is 6.54 Å². The zero-order valence-corrected chi connectivity index (χ0v) is 14.3. The number of likely N-dealkylation sites (N-methyl/N-ethyl adjacent to an activating group) is 1. The van der Waals surface area contributed by atoms with Gasteiger partial charge in [-0.25, -0.2) is 0 Å². The van der Waals surface area contributed by atoms with E-state index in [0.29, 0.717) is 0 Å². The van der Waals surface area contributed by atoms with Gasteiger partial charge in [0.05, 0.1) is 20.6 Å². The quantitative estimate of drug-likeness (QED) is 0.404. The molecule has 1 aromatic carbocycles. The van der Waals surface area contributed by atoms with Crippen molar-refractivity contribution >= 4 is 10.2 Å². The SMILES string of the molecule is C[N+](C)(CCNCCCC[SiH3])Cc1ccccc1. The molecular weight excluding hydrogens is 236 g/mol.